The maximum absolute atomic E-state index is 12.3. The summed E-state index contributed by atoms with van der Waals surface area (Å²) in [5, 5.41) is 10.1. The molecule has 10 heteroatoms. The van der Waals surface area contributed by atoms with Gasteiger partial charge in [-0.15, -0.1) is 0 Å². The summed E-state index contributed by atoms with van der Waals surface area (Å²) in [5.41, 5.74) is 0.621. The Kier molecular flexibility index (Phi) is 4.35. The van der Waals surface area contributed by atoms with Crippen molar-refractivity contribution in [3.05, 3.63) is 11.9 Å². The molecule has 1 fully saturated rings. The monoisotopic (exact) mass is 307 g/mol. The lowest BCUT2D eigenvalue weighted by Gasteiger charge is -2.25. The van der Waals surface area contributed by atoms with Crippen LogP contribution in [0.15, 0.2) is 6.20 Å². The van der Waals surface area contributed by atoms with Gasteiger partial charge >= 0.3 is 12.2 Å². The molecular formula is C11H16F3N5O2. The maximum atomic E-state index is 12.3. The number of ether oxygens (including phenoxy) is 1. The summed E-state index contributed by atoms with van der Waals surface area (Å²) in [6, 6.07) is -0.680. The quantitative estimate of drug-likeness (QED) is 0.898. The number of hydrogen-bond donors (Lipinski definition) is 1. The molecule has 1 aromatic heterocycles. The molecule has 0 spiro atoms. The minimum Gasteiger partial charge on any atom is -0.379 e. The number of amides is 2. The second-order valence-corrected chi connectivity index (χ2v) is 4.93. The Morgan fingerprint density at radius 1 is 1.57 bits per heavy atom. The summed E-state index contributed by atoms with van der Waals surface area (Å²) in [7, 11) is 2.62. The molecule has 0 aromatic carbocycles. The number of aromatic nitrogens is 3. The predicted octanol–water partition coefficient (Wildman–Crippen LogP) is 0.833. The van der Waals surface area contributed by atoms with E-state index in [1.165, 1.54) is 18.2 Å². The van der Waals surface area contributed by atoms with Crippen LogP contribution in [-0.4, -0.2) is 77.3 Å². The van der Waals surface area contributed by atoms with Gasteiger partial charge in [0, 0.05) is 27.2 Å². The largest absolute Gasteiger partial charge is 0.406 e. The number of likely N-dealkylation sites (tertiary alicyclic amines) is 1. The second kappa shape index (κ2) is 5.88. The maximum Gasteiger partial charge on any atom is 0.406 e. The van der Waals surface area contributed by atoms with Crippen LogP contribution in [0, 0.1) is 0 Å². The molecule has 0 radical (unpaired) electrons. The summed E-state index contributed by atoms with van der Waals surface area (Å²) in [6.45, 7) is -0.824. The Hall–Kier alpha value is -1.84. The van der Waals surface area contributed by atoms with E-state index in [0.717, 1.165) is 7.05 Å². The predicted molar refractivity (Wildman–Crippen MR) is 65.6 cm³/mol. The van der Waals surface area contributed by atoms with Crippen LogP contribution in [0.2, 0.25) is 0 Å². The number of methoxy groups -OCH3 is 1. The van der Waals surface area contributed by atoms with Gasteiger partial charge in [0.1, 0.15) is 6.54 Å². The highest BCUT2D eigenvalue weighted by atomic mass is 19.4. The number of aromatic amines is 1. The zero-order valence-electron chi connectivity index (χ0n) is 11.6. The standard InChI is InChI=1S/C11H16F3N5O2/c1-18(6-11(12,13)14)10(20)19-4-7(9(5-19)21-2)8-3-15-17-16-8/h3,7,9H,4-6H2,1-2H3,(H,15,16,17)/t7-,9+/m0/s1. The van der Waals surface area contributed by atoms with Gasteiger partial charge in [-0.25, -0.2) is 4.79 Å². The Morgan fingerprint density at radius 3 is 2.81 bits per heavy atom. The van der Waals surface area contributed by atoms with Crippen LogP contribution in [0.4, 0.5) is 18.0 Å². The highest BCUT2D eigenvalue weighted by Gasteiger charge is 2.40. The van der Waals surface area contributed by atoms with Crippen LogP contribution in [0.5, 0.6) is 0 Å². The van der Waals surface area contributed by atoms with E-state index in [9.17, 15) is 18.0 Å². The molecule has 0 aliphatic carbocycles. The molecule has 2 atom stereocenters. The van der Waals surface area contributed by atoms with Crippen molar-refractivity contribution in [1.82, 2.24) is 25.2 Å². The molecule has 2 rings (SSSR count). The Bertz CT molecular complexity index is 479. The van der Waals surface area contributed by atoms with Gasteiger partial charge in [-0.05, 0) is 0 Å². The first-order valence-corrected chi connectivity index (χ1v) is 6.27. The van der Waals surface area contributed by atoms with Crippen molar-refractivity contribution in [2.75, 3.05) is 33.8 Å². The van der Waals surface area contributed by atoms with Gasteiger partial charge in [0.05, 0.1) is 23.9 Å². The number of H-pyrrole nitrogens is 1. The first kappa shape index (κ1) is 15.5. The molecule has 1 aliphatic heterocycles. The molecule has 21 heavy (non-hydrogen) atoms. The third-order valence-corrected chi connectivity index (χ3v) is 3.40. The van der Waals surface area contributed by atoms with Crippen LogP contribution < -0.4 is 0 Å². The molecule has 2 heterocycles. The number of urea groups is 1. The lowest BCUT2D eigenvalue weighted by molar-refractivity contribution is -0.138. The highest BCUT2D eigenvalue weighted by molar-refractivity contribution is 5.74. The van der Waals surface area contributed by atoms with Gasteiger partial charge in [-0.3, -0.25) is 0 Å². The molecule has 0 saturated carbocycles. The van der Waals surface area contributed by atoms with Gasteiger partial charge in [-0.1, -0.05) is 0 Å². The number of nitrogens with zero attached hydrogens (tertiary/aromatic N) is 4. The lowest BCUT2D eigenvalue weighted by atomic mass is 10.0. The fourth-order valence-electron chi connectivity index (χ4n) is 2.42. The fourth-order valence-corrected chi connectivity index (χ4v) is 2.42. The number of rotatable bonds is 3. The van der Waals surface area contributed by atoms with Crippen molar-refractivity contribution >= 4 is 6.03 Å². The van der Waals surface area contributed by atoms with Gasteiger partial charge in [0.15, 0.2) is 0 Å². The fraction of sp³-hybridized carbons (Fsp3) is 0.727. The minimum absolute atomic E-state index is 0.211. The number of hydrogen-bond acceptors (Lipinski definition) is 4. The van der Waals surface area contributed by atoms with E-state index >= 15 is 0 Å². The Labute approximate surface area is 119 Å². The molecule has 0 bridgehead atoms. The van der Waals surface area contributed by atoms with E-state index in [1.807, 2.05) is 0 Å². The molecular weight excluding hydrogens is 291 g/mol. The van der Waals surface area contributed by atoms with Gasteiger partial charge < -0.3 is 14.5 Å². The summed E-state index contributed by atoms with van der Waals surface area (Å²) in [6.07, 6.45) is -3.22. The topological polar surface area (TPSA) is 74.3 Å². The van der Waals surface area contributed by atoms with Crippen LogP contribution in [0.3, 0.4) is 0 Å². The lowest BCUT2D eigenvalue weighted by Crippen LogP contribution is -2.44. The van der Waals surface area contributed by atoms with Crippen molar-refractivity contribution in [2.24, 2.45) is 0 Å². The van der Waals surface area contributed by atoms with Gasteiger partial charge in [0.25, 0.3) is 0 Å². The average molecular weight is 307 g/mol. The number of carbonyl (C=O) groups excluding carboxylic acids is 1. The molecule has 1 aromatic rings. The van der Waals surface area contributed by atoms with E-state index in [4.69, 9.17) is 4.74 Å². The minimum atomic E-state index is -4.42. The van der Waals surface area contributed by atoms with E-state index in [1.54, 1.807) is 0 Å². The van der Waals surface area contributed by atoms with Crippen molar-refractivity contribution in [2.45, 2.75) is 18.2 Å². The van der Waals surface area contributed by atoms with Crippen molar-refractivity contribution in [3.8, 4) is 0 Å². The summed E-state index contributed by atoms with van der Waals surface area (Å²) < 4.78 is 42.3. The summed E-state index contributed by atoms with van der Waals surface area (Å²) in [4.78, 5) is 14.0. The Morgan fingerprint density at radius 2 is 2.29 bits per heavy atom. The van der Waals surface area contributed by atoms with E-state index in [2.05, 4.69) is 15.4 Å². The number of nitrogens with one attached hydrogen (secondary N) is 1. The molecule has 2 amide bonds. The molecule has 1 aliphatic rings. The molecule has 0 unspecified atom stereocenters. The third-order valence-electron chi connectivity index (χ3n) is 3.40. The summed E-state index contributed by atoms with van der Waals surface area (Å²) >= 11 is 0. The van der Waals surface area contributed by atoms with Crippen molar-refractivity contribution in [3.63, 3.8) is 0 Å². The number of halogens is 3. The summed E-state index contributed by atoms with van der Waals surface area (Å²) in [5.74, 6) is -0.211. The second-order valence-electron chi connectivity index (χ2n) is 4.93. The van der Waals surface area contributed by atoms with Gasteiger partial charge in [0.2, 0.25) is 0 Å². The van der Waals surface area contributed by atoms with Crippen LogP contribution >= 0.6 is 0 Å². The molecule has 1 saturated heterocycles. The first-order chi connectivity index (χ1) is 9.81. The molecule has 118 valence electrons. The third kappa shape index (κ3) is 3.63. The highest BCUT2D eigenvalue weighted by Crippen LogP contribution is 2.28. The van der Waals surface area contributed by atoms with Crippen LogP contribution in [-0.2, 0) is 4.74 Å². The van der Waals surface area contributed by atoms with E-state index in [0.29, 0.717) is 10.6 Å². The van der Waals surface area contributed by atoms with Gasteiger partial charge in [-0.2, -0.15) is 28.6 Å². The van der Waals surface area contributed by atoms with E-state index < -0.39 is 18.8 Å². The SMILES string of the molecule is CO[C@@H]1CN(C(=O)N(C)CC(F)(F)F)C[C@H]1c1cn[nH]n1. The zero-order valence-corrected chi connectivity index (χ0v) is 11.6. The first-order valence-electron chi connectivity index (χ1n) is 6.27. The molecule has 7 nitrogen and oxygen atoms in total. The molecule has 1 N–H and O–H groups in total. The van der Waals surface area contributed by atoms with Crippen LogP contribution in [0.1, 0.15) is 11.6 Å². The Balaban J connectivity index is 2.04. The zero-order chi connectivity index (χ0) is 15.6. The average Bonchev–Trinajstić information content (AvgIpc) is 3.04. The number of carbonyl (C=O) groups is 1. The normalized spacial score (nSPS) is 22.6. The van der Waals surface area contributed by atoms with Crippen LogP contribution in [0.25, 0.3) is 0 Å². The van der Waals surface area contributed by atoms with E-state index in [-0.39, 0.29) is 25.1 Å². The number of alkyl halides is 3. The van der Waals surface area contributed by atoms with Crippen molar-refractivity contribution < 1.29 is 22.7 Å². The van der Waals surface area contributed by atoms with Crippen molar-refractivity contribution in [1.29, 1.82) is 0 Å². The smallest absolute Gasteiger partial charge is 0.379 e.